The second-order valence-corrected chi connectivity index (χ2v) is 3.17. The highest BCUT2D eigenvalue weighted by Crippen LogP contribution is 2.21. The quantitative estimate of drug-likeness (QED) is 0.599. The van der Waals surface area contributed by atoms with Crippen LogP contribution >= 0.6 is 15.9 Å². The van der Waals surface area contributed by atoms with Crippen LogP contribution in [0, 0.1) is 5.41 Å². The molecule has 0 aliphatic heterocycles. The molecular weight excluding hydrogens is 220 g/mol. The Kier molecular flexibility index (Phi) is 2.70. The van der Waals surface area contributed by atoms with Crippen molar-refractivity contribution >= 4 is 21.8 Å². The summed E-state index contributed by atoms with van der Waals surface area (Å²) in [5.74, 6) is 0.624. The molecular formula is C8H9BrN2O. The Bertz CT molecular complexity index is 312. The van der Waals surface area contributed by atoms with E-state index in [-0.39, 0.29) is 5.84 Å². The normalized spacial score (nSPS) is 9.50. The summed E-state index contributed by atoms with van der Waals surface area (Å²) in [7, 11) is 1.55. The lowest BCUT2D eigenvalue weighted by Crippen LogP contribution is -2.12. The summed E-state index contributed by atoms with van der Waals surface area (Å²) in [5.41, 5.74) is 5.95. The van der Waals surface area contributed by atoms with Gasteiger partial charge in [0.25, 0.3) is 0 Å². The van der Waals surface area contributed by atoms with Gasteiger partial charge in [-0.15, -0.1) is 0 Å². The first-order chi connectivity index (χ1) is 5.65. The molecule has 1 aromatic rings. The SMILES string of the molecule is COc1ccc(Br)cc1C(=N)N. The van der Waals surface area contributed by atoms with Gasteiger partial charge in [-0.3, -0.25) is 5.41 Å². The molecule has 0 spiro atoms. The van der Waals surface area contributed by atoms with E-state index in [0.29, 0.717) is 11.3 Å². The number of nitrogens with one attached hydrogen (secondary N) is 1. The summed E-state index contributed by atoms with van der Waals surface area (Å²) in [6, 6.07) is 5.35. The topological polar surface area (TPSA) is 59.1 Å². The average Bonchev–Trinajstić information content (AvgIpc) is 2.04. The number of nitrogen functional groups attached to an aromatic ring is 1. The van der Waals surface area contributed by atoms with Crippen LogP contribution in [0.2, 0.25) is 0 Å². The number of ether oxygens (including phenoxy) is 1. The molecule has 4 heteroatoms. The summed E-state index contributed by atoms with van der Waals surface area (Å²) >= 11 is 3.29. The molecule has 0 aliphatic rings. The number of amidine groups is 1. The van der Waals surface area contributed by atoms with Gasteiger partial charge in [-0.2, -0.15) is 0 Å². The fourth-order valence-electron chi connectivity index (χ4n) is 0.891. The first kappa shape index (κ1) is 9.06. The molecule has 64 valence electrons. The molecule has 0 amide bonds. The van der Waals surface area contributed by atoms with Crippen molar-refractivity contribution in [3.8, 4) is 5.75 Å². The van der Waals surface area contributed by atoms with Gasteiger partial charge in [0.2, 0.25) is 0 Å². The Morgan fingerprint density at radius 2 is 2.25 bits per heavy atom. The summed E-state index contributed by atoms with van der Waals surface area (Å²) < 4.78 is 5.90. The molecule has 0 unspecified atom stereocenters. The van der Waals surface area contributed by atoms with Crippen LogP contribution in [0.1, 0.15) is 5.56 Å². The second-order valence-electron chi connectivity index (χ2n) is 2.26. The van der Waals surface area contributed by atoms with E-state index in [1.807, 2.05) is 6.07 Å². The molecule has 0 aliphatic carbocycles. The third-order valence-electron chi connectivity index (χ3n) is 1.45. The molecule has 0 saturated carbocycles. The molecule has 1 rings (SSSR count). The number of nitrogens with two attached hydrogens (primary N) is 1. The van der Waals surface area contributed by atoms with Crippen molar-refractivity contribution in [2.24, 2.45) is 5.73 Å². The van der Waals surface area contributed by atoms with E-state index in [1.165, 1.54) is 0 Å². The van der Waals surface area contributed by atoms with E-state index in [2.05, 4.69) is 15.9 Å². The van der Waals surface area contributed by atoms with Gasteiger partial charge < -0.3 is 10.5 Å². The Labute approximate surface area is 79.2 Å². The van der Waals surface area contributed by atoms with Crippen molar-refractivity contribution in [3.05, 3.63) is 28.2 Å². The Morgan fingerprint density at radius 1 is 1.58 bits per heavy atom. The number of methoxy groups -OCH3 is 1. The molecule has 1 aromatic carbocycles. The Morgan fingerprint density at radius 3 is 2.75 bits per heavy atom. The maximum absolute atomic E-state index is 7.25. The van der Waals surface area contributed by atoms with Gasteiger partial charge in [-0.1, -0.05) is 15.9 Å². The molecule has 12 heavy (non-hydrogen) atoms. The molecule has 3 nitrogen and oxygen atoms in total. The zero-order valence-corrected chi connectivity index (χ0v) is 8.18. The van der Waals surface area contributed by atoms with Crippen LogP contribution < -0.4 is 10.5 Å². The zero-order valence-electron chi connectivity index (χ0n) is 6.60. The fraction of sp³-hybridized carbons (Fsp3) is 0.125. The summed E-state index contributed by atoms with van der Waals surface area (Å²) in [6.07, 6.45) is 0. The van der Waals surface area contributed by atoms with E-state index in [1.54, 1.807) is 19.2 Å². The number of hydrogen-bond acceptors (Lipinski definition) is 2. The smallest absolute Gasteiger partial charge is 0.129 e. The van der Waals surface area contributed by atoms with Crippen molar-refractivity contribution in [3.63, 3.8) is 0 Å². The Balaban J connectivity index is 3.21. The third-order valence-corrected chi connectivity index (χ3v) is 1.94. The van der Waals surface area contributed by atoms with E-state index in [4.69, 9.17) is 15.9 Å². The van der Waals surface area contributed by atoms with Gasteiger partial charge in [0.1, 0.15) is 11.6 Å². The highest BCUT2D eigenvalue weighted by atomic mass is 79.9. The monoisotopic (exact) mass is 228 g/mol. The van der Waals surface area contributed by atoms with Crippen LogP contribution in [0.4, 0.5) is 0 Å². The molecule has 0 aromatic heterocycles. The third kappa shape index (κ3) is 1.76. The first-order valence-corrected chi connectivity index (χ1v) is 4.12. The minimum absolute atomic E-state index is 0.00755. The van der Waals surface area contributed by atoms with Crippen LogP contribution in [0.3, 0.4) is 0 Å². The Hall–Kier alpha value is -1.03. The first-order valence-electron chi connectivity index (χ1n) is 3.33. The van der Waals surface area contributed by atoms with Crippen molar-refractivity contribution in [1.29, 1.82) is 5.41 Å². The highest BCUT2D eigenvalue weighted by Gasteiger charge is 2.05. The van der Waals surface area contributed by atoms with E-state index in [9.17, 15) is 0 Å². The van der Waals surface area contributed by atoms with Crippen molar-refractivity contribution in [1.82, 2.24) is 0 Å². The summed E-state index contributed by atoms with van der Waals surface area (Å²) in [6.45, 7) is 0. The number of halogens is 1. The predicted molar refractivity (Wildman–Crippen MR) is 51.7 cm³/mol. The van der Waals surface area contributed by atoms with Gasteiger partial charge in [-0.05, 0) is 18.2 Å². The van der Waals surface area contributed by atoms with Gasteiger partial charge in [0, 0.05) is 4.47 Å². The lowest BCUT2D eigenvalue weighted by Gasteiger charge is -2.06. The maximum atomic E-state index is 7.25. The van der Waals surface area contributed by atoms with E-state index >= 15 is 0 Å². The second kappa shape index (κ2) is 3.58. The maximum Gasteiger partial charge on any atom is 0.129 e. The minimum atomic E-state index is 0.00755. The zero-order chi connectivity index (χ0) is 9.14. The number of benzene rings is 1. The van der Waals surface area contributed by atoms with Gasteiger partial charge in [0.15, 0.2) is 0 Å². The van der Waals surface area contributed by atoms with Crippen LogP contribution in [0.5, 0.6) is 5.75 Å². The van der Waals surface area contributed by atoms with Crippen molar-refractivity contribution in [2.45, 2.75) is 0 Å². The lowest BCUT2D eigenvalue weighted by atomic mass is 10.2. The molecule has 0 fully saturated rings. The molecule has 3 N–H and O–H groups in total. The fourth-order valence-corrected chi connectivity index (χ4v) is 1.25. The molecule has 0 bridgehead atoms. The number of hydrogen-bond donors (Lipinski definition) is 2. The summed E-state index contributed by atoms with van der Waals surface area (Å²) in [4.78, 5) is 0. The van der Waals surface area contributed by atoms with Crippen molar-refractivity contribution in [2.75, 3.05) is 7.11 Å². The summed E-state index contributed by atoms with van der Waals surface area (Å²) in [5, 5.41) is 7.25. The van der Waals surface area contributed by atoms with Crippen molar-refractivity contribution < 1.29 is 4.74 Å². The van der Waals surface area contributed by atoms with Gasteiger partial charge in [-0.25, -0.2) is 0 Å². The molecule has 0 saturated heterocycles. The van der Waals surface area contributed by atoms with Crippen LogP contribution in [-0.2, 0) is 0 Å². The molecule has 0 radical (unpaired) electrons. The van der Waals surface area contributed by atoms with E-state index < -0.39 is 0 Å². The molecule has 0 heterocycles. The highest BCUT2D eigenvalue weighted by molar-refractivity contribution is 9.10. The lowest BCUT2D eigenvalue weighted by molar-refractivity contribution is 0.414. The predicted octanol–water partition coefficient (Wildman–Crippen LogP) is 1.74. The van der Waals surface area contributed by atoms with Crippen LogP contribution in [-0.4, -0.2) is 12.9 Å². The van der Waals surface area contributed by atoms with Crippen LogP contribution in [0.15, 0.2) is 22.7 Å². The molecule has 0 atom stereocenters. The standard InChI is InChI=1S/C8H9BrN2O/c1-12-7-3-2-5(9)4-6(7)8(10)11/h2-4H,1H3,(H3,10,11). The van der Waals surface area contributed by atoms with Gasteiger partial charge in [0.05, 0.1) is 12.7 Å². The van der Waals surface area contributed by atoms with Crippen LogP contribution in [0.25, 0.3) is 0 Å². The largest absolute Gasteiger partial charge is 0.496 e. The minimum Gasteiger partial charge on any atom is -0.496 e. The van der Waals surface area contributed by atoms with Gasteiger partial charge >= 0.3 is 0 Å². The average molecular weight is 229 g/mol. The van der Waals surface area contributed by atoms with E-state index in [0.717, 1.165) is 4.47 Å². The number of rotatable bonds is 2.